The lowest BCUT2D eigenvalue weighted by molar-refractivity contribution is -0.136. The Labute approximate surface area is 100 Å². The normalized spacial score (nSPS) is 9.88. The average molecular weight is 237 g/mol. The number of aliphatic carboxylic acids is 1. The molecule has 0 saturated heterocycles. The number of ether oxygens (including phenoxy) is 1. The van der Waals surface area contributed by atoms with Crippen molar-refractivity contribution in [1.82, 2.24) is 0 Å². The maximum absolute atomic E-state index is 10.2. The summed E-state index contributed by atoms with van der Waals surface area (Å²) in [6.07, 6.45) is 3.97. The van der Waals surface area contributed by atoms with Crippen LogP contribution in [0.1, 0.15) is 13.8 Å². The molecular formula is C12H15NO4. The Morgan fingerprint density at radius 2 is 1.94 bits per heavy atom. The molecule has 0 aliphatic rings. The van der Waals surface area contributed by atoms with Crippen molar-refractivity contribution < 1.29 is 19.4 Å². The summed E-state index contributed by atoms with van der Waals surface area (Å²) in [5.74, 6) is -1.32. The van der Waals surface area contributed by atoms with E-state index in [9.17, 15) is 9.59 Å². The van der Waals surface area contributed by atoms with E-state index in [1.54, 1.807) is 13.0 Å². The van der Waals surface area contributed by atoms with Gasteiger partial charge < -0.3 is 9.84 Å². The van der Waals surface area contributed by atoms with Gasteiger partial charge in [0, 0.05) is 17.2 Å². The molecule has 0 rings (SSSR count). The van der Waals surface area contributed by atoms with E-state index in [1.165, 1.54) is 32.3 Å². The molecule has 0 spiro atoms. The van der Waals surface area contributed by atoms with Crippen LogP contribution in [-0.4, -0.2) is 24.2 Å². The zero-order valence-corrected chi connectivity index (χ0v) is 10.1. The van der Waals surface area contributed by atoms with Gasteiger partial charge in [0.05, 0.1) is 13.2 Å². The highest BCUT2D eigenvalue weighted by molar-refractivity contribution is 5.86. The number of methoxy groups -OCH3 is 1. The maximum Gasteiger partial charge on any atom is 0.332 e. The quantitative estimate of drug-likeness (QED) is 0.350. The monoisotopic (exact) mass is 237 g/mol. The van der Waals surface area contributed by atoms with Crippen molar-refractivity contribution in [2.75, 3.05) is 7.11 Å². The molecule has 0 heterocycles. The zero-order valence-electron chi connectivity index (χ0n) is 10.1. The number of hydrogen-bond acceptors (Lipinski definition) is 4. The molecule has 0 aliphatic heterocycles. The molecule has 5 heteroatoms. The second-order valence-electron chi connectivity index (χ2n) is 2.91. The van der Waals surface area contributed by atoms with Gasteiger partial charge >= 0.3 is 11.9 Å². The Balaban J connectivity index is 0. The molecule has 92 valence electrons. The summed E-state index contributed by atoms with van der Waals surface area (Å²) in [4.78, 5) is 20.3. The lowest BCUT2D eigenvalue weighted by atomic mass is 10.3. The summed E-state index contributed by atoms with van der Waals surface area (Å²) >= 11 is 0. The Kier molecular flexibility index (Phi) is 10.2. The zero-order chi connectivity index (χ0) is 13.8. The number of nitriles is 1. The van der Waals surface area contributed by atoms with Gasteiger partial charge in [-0.25, -0.2) is 9.59 Å². The third-order valence-electron chi connectivity index (χ3n) is 1.39. The van der Waals surface area contributed by atoms with E-state index in [4.69, 9.17) is 10.4 Å². The van der Waals surface area contributed by atoms with Crippen LogP contribution in [0.4, 0.5) is 0 Å². The molecule has 5 nitrogen and oxygen atoms in total. The molecule has 0 aromatic heterocycles. The highest BCUT2D eigenvalue weighted by atomic mass is 16.5. The molecule has 0 bridgehead atoms. The minimum atomic E-state index is -0.970. The van der Waals surface area contributed by atoms with Crippen LogP contribution in [0.5, 0.6) is 0 Å². The molecule has 0 aromatic carbocycles. The number of nitrogens with zero attached hydrogens (tertiary/aromatic N) is 1. The Morgan fingerprint density at radius 1 is 1.41 bits per heavy atom. The Morgan fingerprint density at radius 3 is 2.18 bits per heavy atom. The van der Waals surface area contributed by atoms with Gasteiger partial charge in [-0.05, 0) is 13.8 Å². The first-order valence-corrected chi connectivity index (χ1v) is 4.57. The number of carbonyl (C=O) groups is 2. The summed E-state index contributed by atoms with van der Waals surface area (Å²) < 4.78 is 4.27. The van der Waals surface area contributed by atoms with Crippen LogP contribution in [-0.2, 0) is 14.3 Å². The van der Waals surface area contributed by atoms with Crippen molar-refractivity contribution in [3.63, 3.8) is 0 Å². The number of carboxylic acid groups (broad SMARTS) is 1. The highest BCUT2D eigenvalue weighted by Crippen LogP contribution is 1.91. The van der Waals surface area contributed by atoms with Crippen molar-refractivity contribution in [3.8, 4) is 6.07 Å². The van der Waals surface area contributed by atoms with Crippen molar-refractivity contribution >= 4 is 11.9 Å². The SMILES string of the molecule is C=C(C)C(=O)OC.CC(=CC=CC#N)C(=O)O. The fourth-order valence-corrected chi connectivity index (χ4v) is 0.481. The summed E-state index contributed by atoms with van der Waals surface area (Å²) in [6.45, 7) is 6.42. The molecule has 0 radical (unpaired) electrons. The lowest BCUT2D eigenvalue weighted by Gasteiger charge is -1.91. The van der Waals surface area contributed by atoms with E-state index in [0.29, 0.717) is 5.57 Å². The average Bonchev–Trinajstić information content (AvgIpc) is 2.28. The van der Waals surface area contributed by atoms with Crippen LogP contribution in [0.2, 0.25) is 0 Å². The number of carbonyl (C=O) groups excluding carboxylic acids is 1. The van der Waals surface area contributed by atoms with Crippen LogP contribution in [0.15, 0.2) is 36.0 Å². The lowest BCUT2D eigenvalue weighted by Crippen LogP contribution is -1.98. The molecule has 0 aliphatic carbocycles. The molecule has 0 saturated carbocycles. The van der Waals surface area contributed by atoms with Crippen LogP contribution >= 0.6 is 0 Å². The van der Waals surface area contributed by atoms with E-state index in [1.807, 2.05) is 0 Å². The summed E-state index contributed by atoms with van der Waals surface area (Å²) in [6, 6.07) is 1.74. The van der Waals surface area contributed by atoms with Gasteiger partial charge in [0.15, 0.2) is 0 Å². The molecule has 0 unspecified atom stereocenters. The van der Waals surface area contributed by atoms with Crippen LogP contribution < -0.4 is 0 Å². The molecule has 0 aromatic rings. The van der Waals surface area contributed by atoms with E-state index in [0.717, 1.165) is 0 Å². The summed E-state index contributed by atoms with van der Waals surface area (Å²) in [5, 5.41) is 16.3. The van der Waals surface area contributed by atoms with Gasteiger partial charge in [0.1, 0.15) is 0 Å². The number of hydrogen-bond donors (Lipinski definition) is 1. The van der Waals surface area contributed by atoms with Crippen LogP contribution in [0.25, 0.3) is 0 Å². The number of allylic oxidation sites excluding steroid dienone is 3. The standard InChI is InChI=1S/C7H7NO2.C5H8O2/c1-6(7(9)10)4-2-3-5-8;1-4(2)5(6)7-3/h2-4H,1H3,(H,9,10);1H2,2-3H3. The van der Waals surface area contributed by atoms with E-state index < -0.39 is 5.97 Å². The van der Waals surface area contributed by atoms with Gasteiger partial charge in [-0.2, -0.15) is 5.26 Å². The third-order valence-corrected chi connectivity index (χ3v) is 1.39. The first kappa shape index (κ1) is 17.1. The van der Waals surface area contributed by atoms with Gasteiger partial charge in [-0.3, -0.25) is 0 Å². The Bertz CT molecular complexity index is 386. The van der Waals surface area contributed by atoms with Crippen molar-refractivity contribution in [2.45, 2.75) is 13.8 Å². The maximum atomic E-state index is 10.2. The first-order chi connectivity index (χ1) is 7.86. The Hall–Kier alpha value is -2.35. The van der Waals surface area contributed by atoms with Crippen molar-refractivity contribution in [2.24, 2.45) is 0 Å². The van der Waals surface area contributed by atoms with E-state index >= 15 is 0 Å². The smallest absolute Gasteiger partial charge is 0.332 e. The minimum Gasteiger partial charge on any atom is -0.478 e. The van der Waals surface area contributed by atoms with Gasteiger partial charge in [-0.15, -0.1) is 0 Å². The summed E-state index contributed by atoms with van der Waals surface area (Å²) in [7, 11) is 1.33. The number of rotatable bonds is 3. The fraction of sp³-hybridized carbons (Fsp3) is 0.250. The third kappa shape index (κ3) is 11.6. The predicted molar refractivity (Wildman–Crippen MR) is 63.0 cm³/mol. The molecule has 0 atom stereocenters. The predicted octanol–water partition coefficient (Wildman–Crippen LogP) is 1.83. The van der Waals surface area contributed by atoms with Crippen molar-refractivity contribution in [1.29, 1.82) is 5.26 Å². The summed E-state index contributed by atoms with van der Waals surface area (Å²) in [5.41, 5.74) is 0.647. The van der Waals surface area contributed by atoms with Gasteiger partial charge in [0.25, 0.3) is 0 Å². The van der Waals surface area contributed by atoms with Crippen LogP contribution in [0.3, 0.4) is 0 Å². The molecule has 0 amide bonds. The van der Waals surface area contributed by atoms with Gasteiger partial charge in [0.2, 0.25) is 0 Å². The second-order valence-corrected chi connectivity index (χ2v) is 2.91. The van der Waals surface area contributed by atoms with E-state index in [-0.39, 0.29) is 11.5 Å². The van der Waals surface area contributed by atoms with Crippen LogP contribution in [0, 0.1) is 11.3 Å². The van der Waals surface area contributed by atoms with E-state index in [2.05, 4.69) is 11.3 Å². The fourth-order valence-electron chi connectivity index (χ4n) is 0.481. The highest BCUT2D eigenvalue weighted by Gasteiger charge is 1.95. The molecule has 1 N–H and O–H groups in total. The second kappa shape index (κ2) is 10.2. The largest absolute Gasteiger partial charge is 0.478 e. The number of carboxylic acids is 1. The first-order valence-electron chi connectivity index (χ1n) is 4.57. The molecule has 0 fully saturated rings. The topological polar surface area (TPSA) is 87.4 Å². The molecule has 17 heavy (non-hydrogen) atoms. The van der Waals surface area contributed by atoms with Gasteiger partial charge in [-0.1, -0.05) is 18.7 Å². The van der Waals surface area contributed by atoms with Crippen molar-refractivity contribution in [3.05, 3.63) is 36.0 Å². The minimum absolute atomic E-state index is 0.214. The molecular weight excluding hydrogens is 222 g/mol. The number of esters is 1.